The molecule has 31 heavy (non-hydrogen) atoms. The van der Waals surface area contributed by atoms with Gasteiger partial charge in [-0.2, -0.15) is 26.3 Å². The summed E-state index contributed by atoms with van der Waals surface area (Å²) in [6.07, 6.45) is -10.6. The maximum atomic E-state index is 13.3. The Morgan fingerprint density at radius 2 is 1.55 bits per heavy atom. The molecule has 3 rings (SSSR count). The number of nitrogens with zero attached hydrogens (tertiary/aromatic N) is 2. The van der Waals surface area contributed by atoms with E-state index in [1.165, 1.54) is 18.2 Å². The van der Waals surface area contributed by atoms with E-state index in [1.807, 2.05) is 0 Å². The van der Waals surface area contributed by atoms with E-state index in [9.17, 15) is 35.9 Å². The van der Waals surface area contributed by atoms with Gasteiger partial charge in [0.15, 0.2) is 0 Å². The van der Waals surface area contributed by atoms with Gasteiger partial charge in [-0.15, -0.1) is 0 Å². The smallest absolute Gasteiger partial charge is 0.325 e. The highest BCUT2D eigenvalue weighted by Gasteiger charge is 2.49. The highest BCUT2D eigenvalue weighted by molar-refractivity contribution is 9.10. The summed E-state index contributed by atoms with van der Waals surface area (Å²) in [5.41, 5.74) is 0.306. The molecule has 0 spiro atoms. The number of fused-ring (bicyclic) bond motifs is 1. The Kier molecular flexibility index (Phi) is 6.35. The van der Waals surface area contributed by atoms with E-state index in [4.69, 9.17) is 0 Å². The summed E-state index contributed by atoms with van der Waals surface area (Å²) < 4.78 is 80.2. The third-order valence-electron chi connectivity index (χ3n) is 4.81. The van der Waals surface area contributed by atoms with Gasteiger partial charge >= 0.3 is 24.2 Å². The highest BCUT2D eigenvalue weighted by Crippen LogP contribution is 2.35. The van der Waals surface area contributed by atoms with Crippen molar-refractivity contribution in [1.29, 1.82) is 0 Å². The van der Waals surface area contributed by atoms with E-state index >= 15 is 0 Å². The van der Waals surface area contributed by atoms with Gasteiger partial charge in [0.2, 0.25) is 0 Å². The fraction of sp³-hybridized carbons (Fsp3) is 0.300. The van der Waals surface area contributed by atoms with Crippen molar-refractivity contribution in [3.05, 3.63) is 64.1 Å². The van der Waals surface area contributed by atoms with Crippen LogP contribution in [0.1, 0.15) is 11.1 Å². The number of halogens is 7. The van der Waals surface area contributed by atoms with E-state index < -0.39 is 43.3 Å². The number of amides is 2. The number of rotatable bonds is 2. The number of carbonyl (C=O) groups is 2. The zero-order valence-electron chi connectivity index (χ0n) is 15.7. The number of hydrogen-bond donors (Lipinski definition) is 0. The molecule has 1 heterocycles. The van der Waals surface area contributed by atoms with Gasteiger partial charge in [-0.05, 0) is 35.7 Å². The minimum absolute atomic E-state index is 0.0138. The van der Waals surface area contributed by atoms with Crippen molar-refractivity contribution in [3.63, 3.8) is 0 Å². The van der Waals surface area contributed by atoms with Gasteiger partial charge in [-0.25, -0.2) is 0 Å². The van der Waals surface area contributed by atoms with Crippen LogP contribution in [0, 0.1) is 0 Å². The lowest BCUT2D eigenvalue weighted by molar-refractivity contribution is -0.188. The molecule has 0 radical (unpaired) electrons. The Morgan fingerprint density at radius 3 is 2.13 bits per heavy atom. The van der Waals surface area contributed by atoms with E-state index in [-0.39, 0.29) is 17.7 Å². The summed E-state index contributed by atoms with van der Waals surface area (Å²) in [5.74, 6) is -4.39. The van der Waals surface area contributed by atoms with Crippen LogP contribution >= 0.6 is 15.9 Å². The number of anilines is 1. The normalized spacial score (nSPS) is 17.2. The molecule has 4 nitrogen and oxygen atoms in total. The SMILES string of the molecule is O=C(N1CC(Cc2ccccc2)N(C(=O)C(F)(F)F)Cc2cc(Br)ccc21)C(F)(F)F. The van der Waals surface area contributed by atoms with Crippen molar-refractivity contribution in [3.8, 4) is 0 Å². The Bertz CT molecular complexity index is 978. The quantitative estimate of drug-likeness (QED) is 0.543. The van der Waals surface area contributed by atoms with Crippen molar-refractivity contribution in [2.24, 2.45) is 0 Å². The molecule has 0 bridgehead atoms. The molecular weight excluding hydrogens is 494 g/mol. The van der Waals surface area contributed by atoms with Crippen molar-refractivity contribution in [1.82, 2.24) is 4.90 Å². The summed E-state index contributed by atoms with van der Waals surface area (Å²) in [5, 5.41) is 0. The van der Waals surface area contributed by atoms with Crippen LogP contribution in [0.5, 0.6) is 0 Å². The van der Waals surface area contributed by atoms with Crippen molar-refractivity contribution >= 4 is 33.4 Å². The first-order valence-electron chi connectivity index (χ1n) is 8.96. The number of benzene rings is 2. The van der Waals surface area contributed by atoms with E-state index in [0.29, 0.717) is 19.8 Å². The first kappa shape index (κ1) is 23.1. The maximum absolute atomic E-state index is 13.3. The van der Waals surface area contributed by atoms with E-state index in [2.05, 4.69) is 15.9 Å². The molecule has 2 amide bonds. The van der Waals surface area contributed by atoms with Crippen LogP contribution in [0.3, 0.4) is 0 Å². The van der Waals surface area contributed by atoms with Crippen molar-refractivity contribution in [2.45, 2.75) is 31.4 Å². The topological polar surface area (TPSA) is 40.6 Å². The first-order valence-corrected chi connectivity index (χ1v) is 9.76. The molecule has 1 unspecified atom stereocenters. The van der Waals surface area contributed by atoms with E-state index in [1.54, 1.807) is 30.3 Å². The average molecular weight is 509 g/mol. The fourth-order valence-electron chi connectivity index (χ4n) is 3.47. The van der Waals surface area contributed by atoms with Crippen molar-refractivity contribution in [2.75, 3.05) is 11.4 Å². The van der Waals surface area contributed by atoms with Gasteiger partial charge in [-0.1, -0.05) is 46.3 Å². The molecule has 1 atom stereocenters. The molecule has 0 saturated carbocycles. The second-order valence-electron chi connectivity index (χ2n) is 6.96. The summed E-state index contributed by atoms with van der Waals surface area (Å²) in [6, 6.07) is 10.6. The molecule has 0 fully saturated rings. The standard InChI is InChI=1S/C20H15BrF6N2O2/c21-14-6-7-16-13(9-14)10-28(17(30)19(22,23)24)15(8-12-4-2-1-3-5-12)11-29(16)18(31)20(25,26)27/h1-7,9,15H,8,10-11H2. The van der Waals surface area contributed by atoms with Crippen LogP contribution in [0.4, 0.5) is 32.0 Å². The lowest BCUT2D eigenvalue weighted by Crippen LogP contribution is -2.52. The van der Waals surface area contributed by atoms with Crippen molar-refractivity contribution < 1.29 is 35.9 Å². The first-order chi connectivity index (χ1) is 14.4. The molecule has 0 aromatic heterocycles. The van der Waals surface area contributed by atoms with E-state index in [0.717, 1.165) is 0 Å². The monoisotopic (exact) mass is 508 g/mol. The number of carbonyl (C=O) groups excluding carboxylic acids is 2. The summed E-state index contributed by atoms with van der Waals surface area (Å²) >= 11 is 3.13. The predicted molar refractivity (Wildman–Crippen MR) is 103 cm³/mol. The molecule has 1 aliphatic heterocycles. The molecule has 2 aromatic carbocycles. The minimum atomic E-state index is -5.25. The molecule has 11 heteroatoms. The third kappa shape index (κ3) is 5.20. The molecule has 0 saturated heterocycles. The maximum Gasteiger partial charge on any atom is 0.471 e. The lowest BCUT2D eigenvalue weighted by Gasteiger charge is -2.32. The summed E-state index contributed by atoms with van der Waals surface area (Å²) in [7, 11) is 0. The Morgan fingerprint density at radius 1 is 0.935 bits per heavy atom. The number of alkyl halides is 6. The van der Waals surface area contributed by atoms with Gasteiger partial charge in [0, 0.05) is 23.2 Å². The summed E-state index contributed by atoms with van der Waals surface area (Å²) in [4.78, 5) is 25.2. The van der Waals surface area contributed by atoms with Gasteiger partial charge in [0.1, 0.15) is 0 Å². The molecule has 166 valence electrons. The largest absolute Gasteiger partial charge is 0.471 e. The van der Waals surface area contributed by atoms with Crippen LogP contribution in [-0.4, -0.2) is 41.7 Å². The van der Waals surface area contributed by atoms with Gasteiger partial charge < -0.3 is 9.80 Å². The Balaban J connectivity index is 2.12. The molecular formula is C20H15BrF6N2O2. The molecule has 0 aliphatic carbocycles. The Labute approximate surface area is 181 Å². The van der Waals surface area contributed by atoms with Gasteiger partial charge in [-0.3, -0.25) is 9.59 Å². The Hall–Kier alpha value is -2.56. The van der Waals surface area contributed by atoms with Crippen LogP contribution in [0.15, 0.2) is 53.0 Å². The second-order valence-corrected chi connectivity index (χ2v) is 7.88. The number of hydrogen-bond acceptors (Lipinski definition) is 2. The zero-order valence-corrected chi connectivity index (χ0v) is 17.3. The third-order valence-corrected chi connectivity index (χ3v) is 5.31. The predicted octanol–water partition coefficient (Wildman–Crippen LogP) is 4.86. The molecule has 1 aliphatic rings. The van der Waals surface area contributed by atoms with Gasteiger partial charge in [0.05, 0.1) is 6.04 Å². The fourth-order valence-corrected chi connectivity index (χ4v) is 3.88. The lowest BCUT2D eigenvalue weighted by atomic mass is 10.0. The molecule has 0 N–H and O–H groups in total. The van der Waals surface area contributed by atoms with Crippen LogP contribution < -0.4 is 4.90 Å². The van der Waals surface area contributed by atoms with Crippen LogP contribution in [-0.2, 0) is 22.6 Å². The van der Waals surface area contributed by atoms with Crippen LogP contribution in [0.25, 0.3) is 0 Å². The zero-order chi connectivity index (χ0) is 23.0. The van der Waals surface area contributed by atoms with Gasteiger partial charge in [0.25, 0.3) is 0 Å². The average Bonchev–Trinajstić information content (AvgIpc) is 2.83. The van der Waals surface area contributed by atoms with Crippen LogP contribution in [0.2, 0.25) is 0 Å². The second kappa shape index (κ2) is 8.52. The highest BCUT2D eigenvalue weighted by atomic mass is 79.9. The molecule has 2 aromatic rings. The minimum Gasteiger partial charge on any atom is -0.325 e. The summed E-state index contributed by atoms with van der Waals surface area (Å²) in [6.45, 7) is -1.35.